The van der Waals surface area contributed by atoms with E-state index in [2.05, 4.69) is 37.8 Å². The van der Waals surface area contributed by atoms with Gasteiger partial charge >= 0.3 is 0 Å². The van der Waals surface area contributed by atoms with Crippen LogP contribution in [0.3, 0.4) is 0 Å². The third-order valence-corrected chi connectivity index (χ3v) is 3.46. The highest BCUT2D eigenvalue weighted by Gasteiger charge is 2.07. The van der Waals surface area contributed by atoms with Gasteiger partial charge in [-0.1, -0.05) is 20.8 Å². The van der Waals surface area contributed by atoms with Gasteiger partial charge in [0.2, 0.25) is 0 Å². The second-order valence-corrected chi connectivity index (χ2v) is 5.55. The van der Waals surface area contributed by atoms with Crippen LogP contribution in [0, 0.1) is 5.92 Å². The van der Waals surface area contributed by atoms with Crippen LogP contribution in [0.5, 0.6) is 0 Å². The van der Waals surface area contributed by atoms with Gasteiger partial charge in [0.15, 0.2) is 0 Å². The van der Waals surface area contributed by atoms with Gasteiger partial charge in [-0.3, -0.25) is 4.90 Å². The van der Waals surface area contributed by atoms with E-state index in [1.807, 2.05) is 11.3 Å². The van der Waals surface area contributed by atoms with Crippen LogP contribution in [0.1, 0.15) is 30.5 Å². The summed E-state index contributed by atoms with van der Waals surface area (Å²) in [5.41, 5.74) is 5.60. The quantitative estimate of drug-likeness (QED) is 0.808. The lowest BCUT2D eigenvalue weighted by molar-refractivity contribution is 0.250. The summed E-state index contributed by atoms with van der Waals surface area (Å²) in [7, 11) is 0. The van der Waals surface area contributed by atoms with Crippen molar-refractivity contribution in [2.75, 3.05) is 13.1 Å². The zero-order valence-corrected chi connectivity index (χ0v) is 10.8. The van der Waals surface area contributed by atoms with E-state index >= 15 is 0 Å². The molecule has 0 aromatic carbocycles. The molecule has 0 spiro atoms. The van der Waals surface area contributed by atoms with Gasteiger partial charge in [-0.2, -0.15) is 0 Å². The molecule has 0 fully saturated rings. The topological polar surface area (TPSA) is 29.3 Å². The summed E-state index contributed by atoms with van der Waals surface area (Å²) in [5.74, 6) is 0.735. The van der Waals surface area contributed by atoms with Gasteiger partial charge in [-0.05, 0) is 24.6 Å². The first-order valence-corrected chi connectivity index (χ1v) is 6.47. The third-order valence-electron chi connectivity index (χ3n) is 2.37. The number of hydrogen-bond acceptors (Lipinski definition) is 3. The van der Waals surface area contributed by atoms with Crippen LogP contribution < -0.4 is 5.73 Å². The average Bonchev–Trinajstić information content (AvgIpc) is 2.64. The van der Waals surface area contributed by atoms with Crippen LogP contribution in [-0.2, 0) is 13.1 Å². The van der Waals surface area contributed by atoms with Gasteiger partial charge < -0.3 is 5.73 Å². The molecular weight excluding hydrogens is 204 g/mol. The Kier molecular flexibility index (Phi) is 5.29. The van der Waals surface area contributed by atoms with E-state index in [9.17, 15) is 0 Å². The minimum Gasteiger partial charge on any atom is -0.326 e. The second-order valence-electron chi connectivity index (χ2n) is 4.29. The van der Waals surface area contributed by atoms with E-state index in [1.54, 1.807) is 0 Å². The van der Waals surface area contributed by atoms with Gasteiger partial charge in [-0.15, -0.1) is 11.3 Å². The molecule has 15 heavy (non-hydrogen) atoms. The van der Waals surface area contributed by atoms with Crippen molar-refractivity contribution in [2.45, 2.75) is 33.9 Å². The monoisotopic (exact) mass is 226 g/mol. The number of rotatable bonds is 6. The van der Waals surface area contributed by atoms with Gasteiger partial charge in [0.1, 0.15) is 0 Å². The summed E-state index contributed by atoms with van der Waals surface area (Å²) >= 11 is 1.84. The molecule has 0 amide bonds. The Morgan fingerprint density at radius 3 is 2.47 bits per heavy atom. The summed E-state index contributed by atoms with van der Waals surface area (Å²) in [6, 6.07) is 4.35. The van der Waals surface area contributed by atoms with Gasteiger partial charge in [-0.25, -0.2) is 0 Å². The van der Waals surface area contributed by atoms with Gasteiger partial charge in [0.25, 0.3) is 0 Å². The molecule has 1 rings (SSSR count). The lowest BCUT2D eigenvalue weighted by Gasteiger charge is -2.21. The normalized spacial score (nSPS) is 11.6. The third kappa shape index (κ3) is 4.33. The van der Waals surface area contributed by atoms with Crippen LogP contribution in [0.4, 0.5) is 0 Å². The molecule has 1 aromatic rings. The first-order chi connectivity index (χ1) is 7.15. The Hall–Kier alpha value is -0.380. The van der Waals surface area contributed by atoms with Crippen LogP contribution in [0.2, 0.25) is 0 Å². The predicted molar refractivity (Wildman–Crippen MR) is 68.0 cm³/mol. The Balaban J connectivity index is 2.50. The van der Waals surface area contributed by atoms with Gasteiger partial charge in [0, 0.05) is 29.4 Å². The Bertz CT molecular complexity index is 281. The van der Waals surface area contributed by atoms with Crippen molar-refractivity contribution in [3.63, 3.8) is 0 Å². The molecule has 1 aromatic heterocycles. The van der Waals surface area contributed by atoms with E-state index < -0.39 is 0 Å². The van der Waals surface area contributed by atoms with Crippen molar-refractivity contribution in [1.29, 1.82) is 0 Å². The van der Waals surface area contributed by atoms with Crippen LogP contribution in [0.15, 0.2) is 12.1 Å². The van der Waals surface area contributed by atoms with Crippen LogP contribution in [-0.4, -0.2) is 18.0 Å². The zero-order chi connectivity index (χ0) is 11.3. The fourth-order valence-corrected chi connectivity index (χ4v) is 2.60. The molecule has 0 aliphatic heterocycles. The van der Waals surface area contributed by atoms with Crippen LogP contribution in [0.25, 0.3) is 0 Å². The zero-order valence-electron chi connectivity index (χ0n) is 9.99. The molecular formula is C12H22N2S. The largest absolute Gasteiger partial charge is 0.326 e. The summed E-state index contributed by atoms with van der Waals surface area (Å²) < 4.78 is 0. The molecule has 0 saturated carbocycles. The van der Waals surface area contributed by atoms with Crippen molar-refractivity contribution >= 4 is 11.3 Å². The molecule has 0 atom stereocenters. The number of nitrogens with two attached hydrogens (primary N) is 1. The Morgan fingerprint density at radius 2 is 2.00 bits per heavy atom. The first-order valence-electron chi connectivity index (χ1n) is 5.65. The highest BCUT2D eigenvalue weighted by atomic mass is 32.1. The molecule has 0 aliphatic carbocycles. The Labute approximate surface area is 97.1 Å². The van der Waals surface area contributed by atoms with E-state index in [-0.39, 0.29) is 0 Å². The smallest absolute Gasteiger partial charge is 0.0328 e. The van der Waals surface area contributed by atoms with E-state index in [0.29, 0.717) is 6.54 Å². The van der Waals surface area contributed by atoms with Crippen molar-refractivity contribution in [3.8, 4) is 0 Å². The fraction of sp³-hybridized carbons (Fsp3) is 0.667. The number of nitrogens with zero attached hydrogens (tertiary/aromatic N) is 1. The maximum Gasteiger partial charge on any atom is 0.0328 e. The Morgan fingerprint density at radius 1 is 1.33 bits per heavy atom. The lowest BCUT2D eigenvalue weighted by Crippen LogP contribution is -2.26. The number of hydrogen-bond donors (Lipinski definition) is 1. The molecule has 0 aliphatic rings. The standard InChI is InChI=1S/C12H22N2S/c1-4-14(8-10(2)3)9-12-6-5-11(7-13)15-12/h5-6,10H,4,7-9,13H2,1-3H3. The minimum atomic E-state index is 0.668. The summed E-state index contributed by atoms with van der Waals surface area (Å²) in [6.07, 6.45) is 0. The second kappa shape index (κ2) is 6.26. The van der Waals surface area contributed by atoms with Crippen LogP contribution >= 0.6 is 11.3 Å². The lowest BCUT2D eigenvalue weighted by atomic mass is 10.2. The van der Waals surface area contributed by atoms with E-state index in [1.165, 1.54) is 16.3 Å². The van der Waals surface area contributed by atoms with Crippen molar-refractivity contribution in [3.05, 3.63) is 21.9 Å². The molecule has 86 valence electrons. The summed E-state index contributed by atoms with van der Waals surface area (Å²) in [4.78, 5) is 5.19. The fourth-order valence-electron chi connectivity index (χ4n) is 1.66. The van der Waals surface area contributed by atoms with E-state index in [4.69, 9.17) is 5.73 Å². The van der Waals surface area contributed by atoms with Crippen molar-refractivity contribution in [2.24, 2.45) is 11.7 Å². The van der Waals surface area contributed by atoms with Crippen molar-refractivity contribution in [1.82, 2.24) is 4.90 Å². The van der Waals surface area contributed by atoms with Gasteiger partial charge in [0.05, 0.1) is 0 Å². The highest BCUT2D eigenvalue weighted by Crippen LogP contribution is 2.18. The molecule has 0 unspecified atom stereocenters. The SMILES string of the molecule is CCN(Cc1ccc(CN)s1)CC(C)C. The molecule has 2 nitrogen and oxygen atoms in total. The average molecular weight is 226 g/mol. The number of thiophene rings is 1. The van der Waals surface area contributed by atoms with Crippen molar-refractivity contribution < 1.29 is 0 Å². The first kappa shape index (κ1) is 12.7. The molecule has 2 N–H and O–H groups in total. The molecule has 0 saturated heterocycles. The molecule has 0 radical (unpaired) electrons. The highest BCUT2D eigenvalue weighted by molar-refractivity contribution is 7.11. The molecule has 3 heteroatoms. The molecule has 1 heterocycles. The summed E-state index contributed by atoms with van der Waals surface area (Å²) in [5, 5.41) is 0. The summed E-state index contributed by atoms with van der Waals surface area (Å²) in [6.45, 7) is 10.8. The predicted octanol–water partition coefficient (Wildman–Crippen LogP) is 2.68. The molecule has 0 bridgehead atoms. The minimum absolute atomic E-state index is 0.668. The maximum atomic E-state index is 5.60. The maximum absolute atomic E-state index is 5.60. The van der Waals surface area contributed by atoms with E-state index in [0.717, 1.165) is 19.0 Å².